The van der Waals surface area contributed by atoms with Crippen LogP contribution in [0, 0.1) is 40.8 Å². The summed E-state index contributed by atoms with van der Waals surface area (Å²) in [6.45, 7) is 0. The molecule has 0 rings (SSSR count). The molecule has 1 radical (unpaired) electrons. The minimum absolute atomic E-state index is 0. The molecule has 0 heterocycles. The molecule has 0 aromatic carbocycles. The van der Waals surface area contributed by atoms with Crippen molar-refractivity contribution >= 4 is 18.3 Å². The fourth-order valence-corrected chi connectivity index (χ4v) is 0. The van der Waals surface area contributed by atoms with Gasteiger partial charge >= 0.3 is 40.8 Å². The summed E-state index contributed by atoms with van der Waals surface area (Å²) in [6, 6.07) is 0. The molecule has 0 aromatic heterocycles. The van der Waals surface area contributed by atoms with E-state index in [1.807, 2.05) is 0 Å². The van der Waals surface area contributed by atoms with Crippen molar-refractivity contribution in [3.05, 3.63) is 0 Å². The van der Waals surface area contributed by atoms with E-state index in [2.05, 4.69) is 17.2 Å². The van der Waals surface area contributed by atoms with Crippen LogP contribution < -0.4 is 32.5 Å². The Hall–Kier alpha value is -0.839. The molecule has 0 bridgehead atoms. The van der Waals surface area contributed by atoms with Crippen LogP contribution in [0.1, 0.15) is 0 Å². The summed E-state index contributed by atoms with van der Waals surface area (Å²) in [6.07, 6.45) is -4.75. The fraction of sp³-hybridized carbons (Fsp3) is 0. The Bertz CT molecular complexity index is 121. The molecule has 0 saturated carbocycles. The van der Waals surface area contributed by atoms with Gasteiger partial charge in [0.15, 0.2) is 0 Å². The molecular formula is C3H6N3NdO6. The second kappa shape index (κ2) is 17.3. The first-order valence-corrected chi connectivity index (χ1v) is 2.09. The summed E-state index contributed by atoms with van der Waals surface area (Å²) in [5, 5.41) is 26.0. The Morgan fingerprint density at radius 2 is 0.692 bits per heavy atom. The van der Waals surface area contributed by atoms with E-state index in [0.717, 1.165) is 0 Å². The maximum atomic E-state index is 8.67. The molecule has 3 amide bonds. The van der Waals surface area contributed by atoms with E-state index in [0.29, 0.717) is 0 Å². The van der Waals surface area contributed by atoms with Gasteiger partial charge in [-0.3, -0.25) is 0 Å². The number of carbonyl (C=O) groups excluding carboxylic acids is 3. The Morgan fingerprint density at radius 1 is 0.692 bits per heavy atom. The molecular weight excluding hydrogens is 318 g/mol. The number of carboxylic acid groups (broad SMARTS) is 3. The van der Waals surface area contributed by atoms with Gasteiger partial charge in [0.05, 0.1) is 0 Å². The third-order valence-corrected chi connectivity index (χ3v) is 0. The zero-order chi connectivity index (χ0) is 10.7. The molecule has 0 spiro atoms. The van der Waals surface area contributed by atoms with Crippen LogP contribution >= 0.6 is 0 Å². The van der Waals surface area contributed by atoms with Crippen molar-refractivity contribution < 1.29 is 70.5 Å². The zero-order valence-corrected chi connectivity index (χ0v) is 9.39. The minimum Gasteiger partial charge on any atom is -0.530 e. The molecule has 0 aliphatic heterocycles. The summed E-state index contributed by atoms with van der Waals surface area (Å²) in [4.78, 5) is 26.0. The van der Waals surface area contributed by atoms with Crippen molar-refractivity contribution in [3.8, 4) is 0 Å². The zero-order valence-electron chi connectivity index (χ0n) is 6.18. The van der Waals surface area contributed by atoms with Gasteiger partial charge in [0.1, 0.15) is 18.3 Å². The van der Waals surface area contributed by atoms with Crippen LogP contribution in [0.15, 0.2) is 0 Å². The quantitative estimate of drug-likeness (QED) is 0.397. The molecule has 0 aliphatic rings. The van der Waals surface area contributed by atoms with E-state index in [1.165, 1.54) is 0 Å². The van der Waals surface area contributed by atoms with Crippen molar-refractivity contribution in [1.29, 1.82) is 0 Å². The van der Waals surface area contributed by atoms with Gasteiger partial charge < -0.3 is 46.9 Å². The van der Waals surface area contributed by atoms with E-state index < -0.39 is 18.3 Å². The van der Waals surface area contributed by atoms with Crippen LogP contribution in [0.4, 0.5) is 14.4 Å². The molecule has 0 saturated heterocycles. The first-order chi connectivity index (χ1) is 5.20. The number of hydrogen-bond acceptors (Lipinski definition) is 6. The molecule has 6 N–H and O–H groups in total. The van der Waals surface area contributed by atoms with Crippen LogP contribution in [0.3, 0.4) is 0 Å². The van der Waals surface area contributed by atoms with Crippen LogP contribution in [0.2, 0.25) is 0 Å². The molecule has 13 heavy (non-hydrogen) atoms. The van der Waals surface area contributed by atoms with Gasteiger partial charge in [0.2, 0.25) is 0 Å². The molecule has 0 fully saturated rings. The van der Waals surface area contributed by atoms with Crippen LogP contribution in [-0.4, -0.2) is 18.3 Å². The van der Waals surface area contributed by atoms with Gasteiger partial charge in [0, 0.05) is 0 Å². The van der Waals surface area contributed by atoms with E-state index in [-0.39, 0.29) is 40.8 Å². The summed E-state index contributed by atoms with van der Waals surface area (Å²) in [7, 11) is 0. The Morgan fingerprint density at radius 3 is 0.692 bits per heavy atom. The number of primary amides is 3. The van der Waals surface area contributed by atoms with Gasteiger partial charge in [-0.2, -0.15) is 0 Å². The third-order valence-electron chi connectivity index (χ3n) is 0. The monoisotopic (exact) mass is 322 g/mol. The molecule has 0 aliphatic carbocycles. The van der Waals surface area contributed by atoms with Crippen LogP contribution in [0.5, 0.6) is 0 Å². The van der Waals surface area contributed by atoms with Gasteiger partial charge in [-0.25, -0.2) is 0 Å². The predicted molar refractivity (Wildman–Crippen MR) is 28.8 cm³/mol. The van der Waals surface area contributed by atoms with E-state index >= 15 is 0 Å². The average Bonchev–Trinajstić information content (AvgIpc) is 1.54. The summed E-state index contributed by atoms with van der Waals surface area (Å²) in [5.74, 6) is 0. The summed E-state index contributed by atoms with van der Waals surface area (Å²) < 4.78 is 0. The standard InChI is InChI=1S/3CH3NO2.Nd/c3*2-1(3)4;/h3*2H2,(H,3,4);/q;;;+3/p-3. The summed E-state index contributed by atoms with van der Waals surface area (Å²) in [5.41, 5.74) is 11.8. The van der Waals surface area contributed by atoms with Crippen molar-refractivity contribution in [1.82, 2.24) is 0 Å². The largest absolute Gasteiger partial charge is 3.00 e. The van der Waals surface area contributed by atoms with Crippen molar-refractivity contribution in [2.24, 2.45) is 17.2 Å². The number of amides is 3. The fourth-order valence-electron chi connectivity index (χ4n) is 0. The molecule has 0 unspecified atom stereocenters. The Balaban J connectivity index is -0.0000000450. The number of carbonyl (C=O) groups is 3. The average molecular weight is 324 g/mol. The van der Waals surface area contributed by atoms with Crippen LogP contribution in [0.25, 0.3) is 0 Å². The first-order valence-electron chi connectivity index (χ1n) is 2.09. The van der Waals surface area contributed by atoms with Gasteiger partial charge in [-0.15, -0.1) is 0 Å². The van der Waals surface area contributed by atoms with Gasteiger partial charge in [-0.1, -0.05) is 0 Å². The van der Waals surface area contributed by atoms with Crippen molar-refractivity contribution in [2.75, 3.05) is 0 Å². The van der Waals surface area contributed by atoms with Gasteiger partial charge in [-0.05, 0) is 0 Å². The first kappa shape index (κ1) is 22.7. The van der Waals surface area contributed by atoms with Crippen molar-refractivity contribution in [3.63, 3.8) is 0 Å². The second-order valence-corrected chi connectivity index (χ2v) is 0.957. The van der Waals surface area contributed by atoms with E-state index in [1.54, 1.807) is 0 Å². The molecule has 9 nitrogen and oxygen atoms in total. The smallest absolute Gasteiger partial charge is 0.530 e. The third kappa shape index (κ3) is 1330. The Labute approximate surface area is 105 Å². The Kier molecular flexibility index (Phi) is 30.3. The molecule has 10 heteroatoms. The van der Waals surface area contributed by atoms with Gasteiger partial charge in [0.25, 0.3) is 0 Å². The maximum Gasteiger partial charge on any atom is 3.00 e. The number of rotatable bonds is 0. The minimum atomic E-state index is -1.58. The second-order valence-electron chi connectivity index (χ2n) is 0.957. The maximum absolute atomic E-state index is 8.67. The van der Waals surface area contributed by atoms with E-state index in [4.69, 9.17) is 29.7 Å². The summed E-state index contributed by atoms with van der Waals surface area (Å²) >= 11 is 0. The SMILES string of the molecule is NC(=O)[O-].NC(=O)[O-].NC(=O)[O-].[Nd+3]. The molecule has 73 valence electrons. The predicted octanol–water partition coefficient (Wildman–Crippen LogP) is -5.13. The molecule has 0 aromatic rings. The van der Waals surface area contributed by atoms with E-state index in [9.17, 15) is 0 Å². The number of hydrogen-bond donors (Lipinski definition) is 3. The topological polar surface area (TPSA) is 198 Å². The van der Waals surface area contributed by atoms with Crippen LogP contribution in [-0.2, 0) is 0 Å². The molecule has 0 atom stereocenters. The number of nitrogens with two attached hydrogens (primary N) is 3. The normalized spacial score (nSPS) is 5.54. The van der Waals surface area contributed by atoms with Crippen molar-refractivity contribution in [2.45, 2.75) is 0 Å².